The van der Waals surface area contributed by atoms with E-state index in [0.717, 1.165) is 24.1 Å². The second-order valence-electron chi connectivity index (χ2n) is 6.41. The number of hydrazone groups is 1. The van der Waals surface area contributed by atoms with Crippen LogP contribution in [-0.2, 0) is 0 Å². The molecule has 2 aromatic carbocycles. The first-order valence-corrected chi connectivity index (χ1v) is 9.57. The number of ether oxygens (including phenoxy) is 2. The second kappa shape index (κ2) is 9.18. The summed E-state index contributed by atoms with van der Waals surface area (Å²) >= 11 is 0. The molecule has 29 heavy (non-hydrogen) atoms. The van der Waals surface area contributed by atoms with Crippen LogP contribution in [0.4, 0.5) is 5.69 Å². The molecule has 1 amide bonds. The number of amides is 1. The Balaban J connectivity index is 1.88. The van der Waals surface area contributed by atoms with Gasteiger partial charge < -0.3 is 9.47 Å². The van der Waals surface area contributed by atoms with Crippen molar-refractivity contribution in [2.24, 2.45) is 5.10 Å². The topological polar surface area (TPSA) is 94.3 Å². The molecule has 3 rings (SSSR count). The highest BCUT2D eigenvalue weighted by atomic mass is 16.6. The van der Waals surface area contributed by atoms with Gasteiger partial charge in [-0.1, -0.05) is 6.07 Å². The van der Waals surface area contributed by atoms with Crippen molar-refractivity contribution in [2.45, 2.75) is 26.7 Å². The van der Waals surface area contributed by atoms with E-state index in [-0.39, 0.29) is 17.2 Å². The van der Waals surface area contributed by atoms with Crippen molar-refractivity contribution >= 4 is 17.3 Å². The largest absolute Gasteiger partial charge is 0.490 e. The third-order valence-electron chi connectivity index (χ3n) is 4.44. The molecule has 0 unspecified atom stereocenters. The minimum atomic E-state index is -0.517. The van der Waals surface area contributed by atoms with Gasteiger partial charge in [0.05, 0.1) is 23.8 Å². The first kappa shape index (κ1) is 20.3. The van der Waals surface area contributed by atoms with E-state index in [0.29, 0.717) is 31.3 Å². The van der Waals surface area contributed by atoms with Crippen LogP contribution in [0.3, 0.4) is 0 Å². The molecular weight excluding hydrogens is 374 g/mol. The molecule has 0 aliphatic carbocycles. The maximum atomic E-state index is 12.8. The number of hydrogen-bond acceptors (Lipinski definition) is 6. The molecule has 0 atom stereocenters. The Morgan fingerprint density at radius 2 is 1.90 bits per heavy atom. The lowest BCUT2D eigenvalue weighted by molar-refractivity contribution is -0.384. The van der Waals surface area contributed by atoms with Gasteiger partial charge >= 0.3 is 0 Å². The summed E-state index contributed by atoms with van der Waals surface area (Å²) in [6, 6.07) is 11.3. The summed E-state index contributed by atoms with van der Waals surface area (Å²) in [5.74, 6) is 0.942. The van der Waals surface area contributed by atoms with Gasteiger partial charge in [-0.15, -0.1) is 0 Å². The normalized spacial score (nSPS) is 13.6. The van der Waals surface area contributed by atoms with Crippen LogP contribution < -0.4 is 9.47 Å². The summed E-state index contributed by atoms with van der Waals surface area (Å²) in [7, 11) is 0. The Morgan fingerprint density at radius 1 is 1.14 bits per heavy atom. The lowest BCUT2D eigenvalue weighted by atomic mass is 10.0. The van der Waals surface area contributed by atoms with Crippen LogP contribution >= 0.6 is 0 Å². The number of rotatable bonds is 7. The third kappa shape index (κ3) is 4.71. The zero-order chi connectivity index (χ0) is 20.8. The molecule has 2 aromatic rings. The van der Waals surface area contributed by atoms with Crippen molar-refractivity contribution in [3.05, 3.63) is 63.7 Å². The first-order valence-electron chi connectivity index (χ1n) is 9.57. The quantitative estimate of drug-likeness (QED) is 0.519. The molecule has 0 saturated heterocycles. The van der Waals surface area contributed by atoms with E-state index in [9.17, 15) is 14.9 Å². The molecule has 8 heteroatoms. The summed E-state index contributed by atoms with van der Waals surface area (Å²) < 4.78 is 11.3. The maximum Gasteiger partial charge on any atom is 0.274 e. The molecular formula is C21H23N3O5. The van der Waals surface area contributed by atoms with Crippen LogP contribution in [0.2, 0.25) is 0 Å². The van der Waals surface area contributed by atoms with E-state index in [1.165, 1.54) is 23.2 Å². The number of hydrogen-bond donors (Lipinski definition) is 0. The number of benzene rings is 2. The Hall–Kier alpha value is -3.42. The summed E-state index contributed by atoms with van der Waals surface area (Å²) in [5, 5.41) is 16.9. The molecule has 1 aliphatic heterocycles. The van der Waals surface area contributed by atoms with Crippen LogP contribution in [0.15, 0.2) is 47.6 Å². The predicted octanol–water partition coefficient (Wildman–Crippen LogP) is 4.03. The average Bonchev–Trinajstić information content (AvgIpc) is 2.75. The van der Waals surface area contributed by atoms with Gasteiger partial charge in [-0.05, 0) is 51.0 Å². The molecule has 0 N–H and O–H groups in total. The van der Waals surface area contributed by atoms with E-state index in [4.69, 9.17) is 9.47 Å². The minimum Gasteiger partial charge on any atom is -0.490 e. The van der Waals surface area contributed by atoms with E-state index < -0.39 is 4.92 Å². The van der Waals surface area contributed by atoms with Crippen molar-refractivity contribution in [3.63, 3.8) is 0 Å². The second-order valence-corrected chi connectivity index (χ2v) is 6.41. The first-order chi connectivity index (χ1) is 14.0. The number of nitro groups is 1. The van der Waals surface area contributed by atoms with E-state index in [1.807, 2.05) is 32.0 Å². The third-order valence-corrected chi connectivity index (χ3v) is 4.44. The fourth-order valence-electron chi connectivity index (χ4n) is 3.12. The van der Waals surface area contributed by atoms with Crippen molar-refractivity contribution in [1.82, 2.24) is 5.01 Å². The Labute approximate surface area is 168 Å². The molecule has 0 radical (unpaired) electrons. The average molecular weight is 397 g/mol. The monoisotopic (exact) mass is 397 g/mol. The lowest BCUT2D eigenvalue weighted by Gasteiger charge is -2.24. The minimum absolute atomic E-state index is 0.120. The van der Waals surface area contributed by atoms with Crippen molar-refractivity contribution in [3.8, 4) is 11.5 Å². The van der Waals surface area contributed by atoms with Crippen molar-refractivity contribution < 1.29 is 19.2 Å². The van der Waals surface area contributed by atoms with Gasteiger partial charge in [0.2, 0.25) is 0 Å². The van der Waals surface area contributed by atoms with Crippen LogP contribution in [-0.4, -0.2) is 41.3 Å². The Morgan fingerprint density at radius 3 is 2.62 bits per heavy atom. The fourth-order valence-corrected chi connectivity index (χ4v) is 3.12. The van der Waals surface area contributed by atoms with Gasteiger partial charge in [0.25, 0.3) is 11.6 Å². The number of carbonyl (C=O) groups is 1. The standard InChI is InChI=1S/C21H23N3O5/c1-3-28-19-11-10-15(14-20(19)29-4-2)18-9-6-12-23(22-18)21(25)16-7-5-8-17(13-16)24(26)27/h5,7-8,10-11,13-14H,3-4,6,9,12H2,1-2H3. The van der Waals surface area contributed by atoms with Crippen molar-refractivity contribution in [1.29, 1.82) is 0 Å². The SMILES string of the molecule is CCOc1ccc(C2=NN(C(=O)c3cccc([N+](=O)[O-])c3)CCC2)cc1OCC. The zero-order valence-electron chi connectivity index (χ0n) is 16.5. The molecule has 0 saturated carbocycles. The molecule has 0 fully saturated rings. The Bertz CT molecular complexity index is 942. The number of carbonyl (C=O) groups excluding carboxylic acids is 1. The summed E-state index contributed by atoms with van der Waals surface area (Å²) in [4.78, 5) is 23.3. The van der Waals surface area contributed by atoms with Gasteiger partial charge in [0, 0.05) is 29.8 Å². The summed E-state index contributed by atoms with van der Waals surface area (Å²) in [5.41, 5.74) is 1.74. The smallest absolute Gasteiger partial charge is 0.274 e. The molecule has 0 spiro atoms. The van der Waals surface area contributed by atoms with E-state index in [2.05, 4.69) is 5.10 Å². The van der Waals surface area contributed by atoms with Crippen LogP contribution in [0.1, 0.15) is 42.6 Å². The van der Waals surface area contributed by atoms with Gasteiger partial charge in [-0.3, -0.25) is 14.9 Å². The van der Waals surface area contributed by atoms with Crippen LogP contribution in [0.5, 0.6) is 11.5 Å². The highest BCUT2D eigenvalue weighted by Crippen LogP contribution is 2.30. The van der Waals surface area contributed by atoms with Crippen LogP contribution in [0, 0.1) is 10.1 Å². The maximum absolute atomic E-state index is 12.8. The molecule has 0 aromatic heterocycles. The molecule has 8 nitrogen and oxygen atoms in total. The highest BCUT2D eigenvalue weighted by Gasteiger charge is 2.22. The molecule has 1 heterocycles. The van der Waals surface area contributed by atoms with Crippen LogP contribution in [0.25, 0.3) is 0 Å². The summed E-state index contributed by atoms with van der Waals surface area (Å²) in [6.45, 7) is 5.31. The molecule has 152 valence electrons. The molecule has 0 bridgehead atoms. The summed E-state index contributed by atoms with van der Waals surface area (Å²) in [6.07, 6.45) is 1.47. The van der Waals surface area contributed by atoms with Gasteiger partial charge in [-0.25, -0.2) is 5.01 Å². The number of nitro benzene ring substituents is 1. The van der Waals surface area contributed by atoms with Gasteiger partial charge in [0.15, 0.2) is 11.5 Å². The zero-order valence-corrected chi connectivity index (χ0v) is 16.5. The van der Waals surface area contributed by atoms with Gasteiger partial charge in [-0.2, -0.15) is 5.10 Å². The van der Waals surface area contributed by atoms with E-state index in [1.54, 1.807) is 6.07 Å². The highest BCUT2D eigenvalue weighted by molar-refractivity contribution is 6.03. The van der Waals surface area contributed by atoms with Crippen molar-refractivity contribution in [2.75, 3.05) is 19.8 Å². The van der Waals surface area contributed by atoms with Gasteiger partial charge in [0.1, 0.15) is 0 Å². The fraction of sp³-hybridized carbons (Fsp3) is 0.333. The number of nitrogens with zero attached hydrogens (tertiary/aromatic N) is 3. The number of non-ortho nitro benzene ring substituents is 1. The lowest BCUT2D eigenvalue weighted by Crippen LogP contribution is -2.32. The van der Waals surface area contributed by atoms with E-state index >= 15 is 0 Å². The predicted molar refractivity (Wildman–Crippen MR) is 109 cm³/mol. The Kier molecular flexibility index (Phi) is 6.43. The molecule has 1 aliphatic rings.